The van der Waals surface area contributed by atoms with E-state index in [9.17, 15) is 8.42 Å². The summed E-state index contributed by atoms with van der Waals surface area (Å²) in [6, 6.07) is 15.2. The molecule has 1 atom stereocenters. The van der Waals surface area contributed by atoms with Gasteiger partial charge in [-0.1, -0.05) is 41.9 Å². The van der Waals surface area contributed by atoms with Crippen LogP contribution in [-0.2, 0) is 9.84 Å². The Bertz CT molecular complexity index is 1110. The summed E-state index contributed by atoms with van der Waals surface area (Å²) < 4.78 is 26.4. The topological polar surface area (TPSA) is 123 Å². The number of nitrogens with one attached hydrogen (secondary N) is 2. The Morgan fingerprint density at radius 2 is 1.68 bits per heavy atom. The number of nitrogens with zero attached hydrogens (tertiary/aromatic N) is 1. The van der Waals surface area contributed by atoms with Crippen LogP contribution >= 0.6 is 11.6 Å². The first kappa shape index (κ1) is 21.8. The Kier molecular flexibility index (Phi) is 6.07. The van der Waals surface area contributed by atoms with Crippen molar-refractivity contribution in [2.45, 2.75) is 47.3 Å². The lowest BCUT2D eigenvalue weighted by Gasteiger charge is -2.40. The maximum atomic E-state index is 13.2. The zero-order valence-electron chi connectivity index (χ0n) is 17.0. The number of benzene rings is 2. The molecule has 1 aliphatic carbocycles. The molecule has 9 heteroatoms. The largest absolute Gasteiger partial charge is 0.354 e. The summed E-state index contributed by atoms with van der Waals surface area (Å²) in [6.07, 6.45) is 5.09. The lowest BCUT2D eigenvalue weighted by atomic mass is 9.82. The van der Waals surface area contributed by atoms with Gasteiger partial charge in [0.2, 0.25) is 9.84 Å². The molecule has 1 heterocycles. The zero-order valence-corrected chi connectivity index (χ0v) is 18.5. The van der Waals surface area contributed by atoms with Gasteiger partial charge in [-0.2, -0.15) is 0 Å². The number of aliphatic imine (C=N–C) groups is 1. The average Bonchev–Trinajstić information content (AvgIpc) is 2.78. The van der Waals surface area contributed by atoms with E-state index in [1.54, 1.807) is 60.8 Å². The van der Waals surface area contributed by atoms with Crippen molar-refractivity contribution in [3.8, 4) is 0 Å². The van der Waals surface area contributed by atoms with Gasteiger partial charge in [-0.15, -0.1) is 0 Å². The van der Waals surface area contributed by atoms with E-state index in [2.05, 4.69) is 15.6 Å². The van der Waals surface area contributed by atoms with Crippen molar-refractivity contribution in [3.05, 3.63) is 65.8 Å². The number of sulfone groups is 1. The summed E-state index contributed by atoms with van der Waals surface area (Å²) >= 11 is 6.39. The van der Waals surface area contributed by atoms with Crippen LogP contribution in [0, 0.1) is 5.92 Å². The predicted molar refractivity (Wildman–Crippen MR) is 123 cm³/mol. The number of anilines is 1. The molecule has 1 aliphatic heterocycles. The van der Waals surface area contributed by atoms with Crippen LogP contribution in [0.2, 0.25) is 0 Å². The average molecular weight is 460 g/mol. The molecule has 1 saturated carbocycles. The second kappa shape index (κ2) is 8.63. The van der Waals surface area contributed by atoms with Gasteiger partial charge in [0.25, 0.3) is 0 Å². The minimum atomic E-state index is -3.73. The van der Waals surface area contributed by atoms with Crippen LogP contribution in [0.25, 0.3) is 0 Å². The van der Waals surface area contributed by atoms with Crippen LogP contribution in [0.1, 0.15) is 25.7 Å². The highest BCUT2D eigenvalue weighted by Gasteiger charge is 2.39. The maximum Gasteiger partial charge on any atom is 0.208 e. The first-order valence-electron chi connectivity index (χ1n) is 10.2. The van der Waals surface area contributed by atoms with E-state index in [0.717, 1.165) is 25.7 Å². The Hall–Kier alpha value is -2.39. The molecule has 2 aliphatic rings. The van der Waals surface area contributed by atoms with Gasteiger partial charge in [0.1, 0.15) is 5.84 Å². The fraction of sp³-hybridized carbons (Fsp3) is 0.318. The normalized spacial score (nSPS) is 26.4. The summed E-state index contributed by atoms with van der Waals surface area (Å²) in [4.78, 5) is 5.02. The number of halogens is 1. The van der Waals surface area contributed by atoms with Gasteiger partial charge in [0, 0.05) is 18.2 Å². The van der Waals surface area contributed by atoms with E-state index in [0.29, 0.717) is 16.6 Å². The quantitative estimate of drug-likeness (QED) is 0.557. The van der Waals surface area contributed by atoms with Gasteiger partial charge >= 0.3 is 0 Å². The van der Waals surface area contributed by atoms with Crippen LogP contribution in [-0.4, -0.2) is 26.1 Å². The fourth-order valence-electron chi connectivity index (χ4n) is 4.03. The Labute approximate surface area is 187 Å². The minimum Gasteiger partial charge on any atom is -0.354 e. The zero-order chi connectivity index (χ0) is 22.1. The molecule has 0 amide bonds. The third kappa shape index (κ3) is 4.48. The number of rotatable bonds is 4. The number of hydrogen-bond donors (Lipinski definition) is 4. The van der Waals surface area contributed by atoms with E-state index in [-0.39, 0.29) is 21.8 Å². The van der Waals surface area contributed by atoms with E-state index >= 15 is 0 Å². The van der Waals surface area contributed by atoms with Gasteiger partial charge < -0.3 is 16.4 Å². The lowest BCUT2D eigenvalue weighted by molar-refractivity contribution is 0.179. The molecule has 6 N–H and O–H groups in total. The van der Waals surface area contributed by atoms with Gasteiger partial charge in [0.15, 0.2) is 5.79 Å². The summed E-state index contributed by atoms with van der Waals surface area (Å²) in [7, 11) is -3.73. The highest BCUT2D eigenvalue weighted by atomic mass is 35.5. The molecule has 7 nitrogen and oxygen atoms in total. The summed E-state index contributed by atoms with van der Waals surface area (Å²) in [5.41, 5.74) is 13.0. The molecule has 0 radical (unpaired) electrons. The number of amidine groups is 1. The van der Waals surface area contributed by atoms with Gasteiger partial charge in [-0.3, -0.25) is 5.73 Å². The molecule has 0 saturated heterocycles. The van der Waals surface area contributed by atoms with Crippen LogP contribution in [0.3, 0.4) is 0 Å². The van der Waals surface area contributed by atoms with Crippen LogP contribution < -0.4 is 22.1 Å². The molecule has 0 bridgehead atoms. The minimum absolute atomic E-state index is 0.0911. The third-order valence-electron chi connectivity index (χ3n) is 5.83. The van der Waals surface area contributed by atoms with E-state index in [1.807, 2.05) is 0 Å². The second-order valence-corrected chi connectivity index (χ2v) is 10.3. The van der Waals surface area contributed by atoms with Crippen molar-refractivity contribution in [1.82, 2.24) is 5.32 Å². The lowest BCUT2D eigenvalue weighted by Crippen LogP contribution is -2.59. The standard InChI is InChI=1S/C22H26ClN5O2S/c23-18-14-26-22(25,15-10-12-16(24)13-11-15)28-21(18)27-19-8-4-5-9-20(19)31(29,30)17-6-2-1-3-7-17/h1-9,14-16,26H,10-13,24-25H2,(H,27,28)/t15-,16-,22?. The van der Waals surface area contributed by atoms with Crippen LogP contribution in [0.5, 0.6) is 0 Å². The van der Waals surface area contributed by atoms with Gasteiger partial charge in [-0.25, -0.2) is 13.4 Å². The van der Waals surface area contributed by atoms with Crippen molar-refractivity contribution in [2.75, 3.05) is 5.32 Å². The van der Waals surface area contributed by atoms with E-state index < -0.39 is 15.6 Å². The first-order valence-corrected chi connectivity index (χ1v) is 12.1. The molecule has 0 spiro atoms. The predicted octanol–water partition coefficient (Wildman–Crippen LogP) is 3.14. The maximum absolute atomic E-state index is 13.2. The van der Waals surface area contributed by atoms with Crippen LogP contribution in [0.15, 0.2) is 80.6 Å². The summed E-state index contributed by atoms with van der Waals surface area (Å²) in [6.45, 7) is 0. The van der Waals surface area contributed by atoms with Gasteiger partial charge in [-0.05, 0) is 49.9 Å². The number of nitrogens with two attached hydrogens (primary N) is 2. The number of hydrogen-bond acceptors (Lipinski definition) is 7. The Balaban J connectivity index is 1.66. The van der Waals surface area contributed by atoms with E-state index in [1.165, 1.54) is 0 Å². The Morgan fingerprint density at radius 3 is 2.39 bits per heavy atom. The monoisotopic (exact) mass is 459 g/mol. The molecular formula is C22H26ClN5O2S. The molecule has 31 heavy (non-hydrogen) atoms. The fourth-order valence-corrected chi connectivity index (χ4v) is 5.61. The molecule has 2 aromatic rings. The highest BCUT2D eigenvalue weighted by Crippen LogP contribution is 2.34. The summed E-state index contributed by atoms with van der Waals surface area (Å²) in [5.74, 6) is -0.615. The molecule has 164 valence electrons. The second-order valence-electron chi connectivity index (χ2n) is 7.97. The van der Waals surface area contributed by atoms with Crippen molar-refractivity contribution in [3.63, 3.8) is 0 Å². The molecule has 4 rings (SSSR count). The summed E-state index contributed by atoms with van der Waals surface area (Å²) in [5, 5.41) is 6.54. The first-order chi connectivity index (χ1) is 14.8. The molecule has 1 fully saturated rings. The van der Waals surface area contributed by atoms with Crippen molar-refractivity contribution < 1.29 is 8.42 Å². The molecule has 0 aromatic heterocycles. The van der Waals surface area contributed by atoms with Crippen molar-refractivity contribution >= 4 is 33.0 Å². The van der Waals surface area contributed by atoms with Crippen molar-refractivity contribution in [1.29, 1.82) is 0 Å². The van der Waals surface area contributed by atoms with E-state index in [4.69, 9.17) is 23.1 Å². The Morgan fingerprint density at radius 1 is 1.03 bits per heavy atom. The molecular weight excluding hydrogens is 434 g/mol. The molecule has 2 aromatic carbocycles. The molecule has 1 unspecified atom stereocenters. The third-order valence-corrected chi connectivity index (χ3v) is 7.95. The smallest absolute Gasteiger partial charge is 0.208 e. The SMILES string of the molecule is NC1([C@H]2CC[C@H](N)CC2)N=C(Nc2ccccc2S(=O)(=O)c2ccccc2)C(Cl)=CN1. The number of para-hydroxylation sites is 1. The van der Waals surface area contributed by atoms with Crippen molar-refractivity contribution in [2.24, 2.45) is 22.4 Å². The van der Waals surface area contributed by atoms with Crippen LogP contribution in [0.4, 0.5) is 5.69 Å². The van der Waals surface area contributed by atoms with Gasteiger partial charge in [0.05, 0.1) is 20.5 Å². The highest BCUT2D eigenvalue weighted by molar-refractivity contribution is 7.91.